The second-order valence-corrected chi connectivity index (χ2v) is 8.00. The van der Waals surface area contributed by atoms with Gasteiger partial charge in [-0.25, -0.2) is 0 Å². The lowest BCUT2D eigenvalue weighted by Gasteiger charge is -2.25. The molecule has 0 bridgehead atoms. The Bertz CT molecular complexity index is 1430. The van der Waals surface area contributed by atoms with Gasteiger partial charge in [-0.3, -0.25) is 9.97 Å². The minimum atomic E-state index is -0.138. The zero-order valence-electron chi connectivity index (χ0n) is 18.9. The van der Waals surface area contributed by atoms with Gasteiger partial charge in [0.1, 0.15) is 22.9 Å². The van der Waals surface area contributed by atoms with Crippen LogP contribution in [0.25, 0.3) is 10.8 Å². The number of pyridine rings is 2. The van der Waals surface area contributed by atoms with Gasteiger partial charge in [-0.15, -0.1) is 10.2 Å². The summed E-state index contributed by atoms with van der Waals surface area (Å²) in [7, 11) is 0. The molecule has 0 amide bonds. The molecule has 0 radical (unpaired) electrons. The summed E-state index contributed by atoms with van der Waals surface area (Å²) in [5.74, 6) is -0.143. The first kappa shape index (κ1) is 22.0. The zero-order valence-corrected chi connectivity index (χ0v) is 18.9. The molecule has 2 heterocycles. The predicted octanol–water partition coefficient (Wildman–Crippen LogP) is 6.66. The van der Waals surface area contributed by atoms with Gasteiger partial charge in [-0.2, -0.15) is 0 Å². The van der Waals surface area contributed by atoms with Crippen LogP contribution in [0.1, 0.15) is 11.4 Å². The van der Waals surface area contributed by atoms with Crippen LogP contribution in [0.2, 0.25) is 0 Å². The standard InChI is InChI=1S/C28H23N5O2/c34-26-17-27(35)28(23-12-2-1-11-22(23)26)32-31-24-13-3-4-14-25(24)33(18-20-9-5-7-15-29-20)19-21-10-6-8-16-30-21/h1-17,34-35H,18-19H2/b32-31+. The number of phenolic OH excluding ortho intramolecular Hbond substituents is 2. The van der Waals surface area contributed by atoms with Gasteiger partial charge >= 0.3 is 0 Å². The Morgan fingerprint density at radius 2 is 1.23 bits per heavy atom. The van der Waals surface area contributed by atoms with Crippen molar-refractivity contribution in [2.75, 3.05) is 4.90 Å². The number of anilines is 1. The lowest BCUT2D eigenvalue weighted by Crippen LogP contribution is -2.23. The molecule has 3 aromatic carbocycles. The van der Waals surface area contributed by atoms with E-state index in [1.807, 2.05) is 72.8 Å². The number of aromatic hydroxyl groups is 2. The van der Waals surface area contributed by atoms with Crippen molar-refractivity contribution >= 4 is 27.8 Å². The zero-order chi connectivity index (χ0) is 24.0. The topological polar surface area (TPSA) is 94.2 Å². The van der Waals surface area contributed by atoms with Gasteiger partial charge in [0.15, 0.2) is 0 Å². The second kappa shape index (κ2) is 10.0. The maximum Gasteiger partial charge on any atom is 0.147 e. The monoisotopic (exact) mass is 461 g/mol. The van der Waals surface area contributed by atoms with Crippen molar-refractivity contribution in [1.29, 1.82) is 0 Å². The molecule has 5 rings (SSSR count). The summed E-state index contributed by atoms with van der Waals surface area (Å²) in [5.41, 5.74) is 3.62. The van der Waals surface area contributed by atoms with E-state index in [1.54, 1.807) is 24.5 Å². The van der Waals surface area contributed by atoms with E-state index in [9.17, 15) is 10.2 Å². The number of fused-ring (bicyclic) bond motifs is 1. The highest BCUT2D eigenvalue weighted by Gasteiger charge is 2.15. The maximum absolute atomic E-state index is 10.5. The summed E-state index contributed by atoms with van der Waals surface area (Å²) in [6.07, 6.45) is 3.55. The van der Waals surface area contributed by atoms with Crippen LogP contribution in [-0.4, -0.2) is 20.2 Å². The van der Waals surface area contributed by atoms with Crippen LogP contribution < -0.4 is 4.90 Å². The van der Waals surface area contributed by atoms with Gasteiger partial charge in [0.05, 0.1) is 30.2 Å². The molecule has 0 fully saturated rings. The van der Waals surface area contributed by atoms with Gasteiger partial charge < -0.3 is 15.1 Å². The minimum absolute atomic E-state index is 0.00523. The number of azo groups is 1. The Hall–Kier alpha value is -4.78. The average Bonchev–Trinajstić information content (AvgIpc) is 2.90. The Labute approximate surface area is 202 Å². The van der Waals surface area contributed by atoms with Gasteiger partial charge in [0.2, 0.25) is 0 Å². The second-order valence-electron chi connectivity index (χ2n) is 8.00. The van der Waals surface area contributed by atoms with Crippen molar-refractivity contribution in [3.63, 3.8) is 0 Å². The van der Waals surface area contributed by atoms with E-state index >= 15 is 0 Å². The lowest BCUT2D eigenvalue weighted by atomic mass is 10.1. The van der Waals surface area contributed by atoms with Crippen LogP contribution in [0.3, 0.4) is 0 Å². The molecular formula is C28H23N5O2. The van der Waals surface area contributed by atoms with Crippen LogP contribution in [0.5, 0.6) is 11.5 Å². The largest absolute Gasteiger partial charge is 0.507 e. The van der Waals surface area contributed by atoms with E-state index < -0.39 is 0 Å². The van der Waals surface area contributed by atoms with Crippen molar-refractivity contribution in [2.45, 2.75) is 13.1 Å². The smallest absolute Gasteiger partial charge is 0.147 e. The molecule has 0 aliphatic carbocycles. The van der Waals surface area contributed by atoms with Crippen LogP contribution in [0.15, 0.2) is 114 Å². The molecule has 7 nitrogen and oxygen atoms in total. The van der Waals surface area contributed by atoms with Gasteiger partial charge in [-0.05, 0) is 36.4 Å². The highest BCUT2D eigenvalue weighted by atomic mass is 16.3. The van der Waals surface area contributed by atoms with E-state index in [1.165, 1.54) is 6.07 Å². The van der Waals surface area contributed by atoms with E-state index in [-0.39, 0.29) is 11.5 Å². The number of hydrogen-bond donors (Lipinski definition) is 2. The van der Waals surface area contributed by atoms with E-state index in [0.29, 0.717) is 35.2 Å². The van der Waals surface area contributed by atoms with Crippen molar-refractivity contribution in [3.8, 4) is 11.5 Å². The van der Waals surface area contributed by atoms with E-state index in [2.05, 4.69) is 25.1 Å². The average molecular weight is 462 g/mol. The van der Waals surface area contributed by atoms with Crippen LogP contribution in [0, 0.1) is 0 Å². The quantitative estimate of drug-likeness (QED) is 0.264. The summed E-state index contributed by atoms with van der Waals surface area (Å²) in [6, 6.07) is 27.9. The molecule has 2 aromatic heterocycles. The molecule has 7 heteroatoms. The van der Waals surface area contributed by atoms with Crippen LogP contribution in [0.4, 0.5) is 17.1 Å². The van der Waals surface area contributed by atoms with Crippen LogP contribution >= 0.6 is 0 Å². The Morgan fingerprint density at radius 1 is 0.629 bits per heavy atom. The van der Waals surface area contributed by atoms with Gasteiger partial charge in [0, 0.05) is 29.2 Å². The molecule has 2 N–H and O–H groups in total. The molecule has 172 valence electrons. The SMILES string of the molecule is Oc1cc(O)c2ccccc2c1/N=N/c1ccccc1N(Cc1ccccn1)Cc1ccccn1. The fourth-order valence-corrected chi connectivity index (χ4v) is 3.95. The Balaban J connectivity index is 1.55. The molecule has 0 unspecified atom stereocenters. The molecule has 0 spiro atoms. The van der Waals surface area contributed by atoms with Crippen molar-refractivity contribution in [2.24, 2.45) is 10.2 Å². The molecule has 0 saturated carbocycles. The number of benzene rings is 3. The summed E-state index contributed by atoms with van der Waals surface area (Å²) in [5, 5.41) is 30.8. The first-order valence-corrected chi connectivity index (χ1v) is 11.2. The number of phenols is 2. The van der Waals surface area contributed by atoms with Crippen molar-refractivity contribution in [3.05, 3.63) is 115 Å². The normalized spacial score (nSPS) is 11.2. The van der Waals surface area contributed by atoms with Crippen molar-refractivity contribution in [1.82, 2.24) is 9.97 Å². The first-order valence-electron chi connectivity index (χ1n) is 11.2. The summed E-state index contributed by atoms with van der Waals surface area (Å²) in [4.78, 5) is 11.1. The lowest BCUT2D eigenvalue weighted by molar-refractivity contribution is 0.456. The highest BCUT2D eigenvalue weighted by Crippen LogP contribution is 2.41. The van der Waals surface area contributed by atoms with E-state index in [0.717, 1.165) is 17.1 Å². The maximum atomic E-state index is 10.5. The summed E-state index contributed by atoms with van der Waals surface area (Å²) >= 11 is 0. The van der Waals surface area contributed by atoms with Crippen LogP contribution in [-0.2, 0) is 13.1 Å². The van der Waals surface area contributed by atoms with Gasteiger partial charge in [0.25, 0.3) is 0 Å². The number of nitrogens with zero attached hydrogens (tertiary/aromatic N) is 5. The first-order chi connectivity index (χ1) is 17.2. The Kier molecular flexibility index (Phi) is 6.30. The number of rotatable bonds is 7. The molecule has 0 aliphatic heterocycles. The third-order valence-corrected chi connectivity index (χ3v) is 5.61. The predicted molar refractivity (Wildman–Crippen MR) is 136 cm³/mol. The Morgan fingerprint density at radius 3 is 1.89 bits per heavy atom. The van der Waals surface area contributed by atoms with Gasteiger partial charge in [-0.1, -0.05) is 48.5 Å². The molecule has 0 aliphatic rings. The third-order valence-electron chi connectivity index (χ3n) is 5.61. The van der Waals surface area contributed by atoms with E-state index in [4.69, 9.17) is 0 Å². The van der Waals surface area contributed by atoms with Crippen molar-refractivity contribution < 1.29 is 10.2 Å². The molecule has 0 atom stereocenters. The molecule has 5 aromatic rings. The molecule has 0 saturated heterocycles. The summed E-state index contributed by atoms with van der Waals surface area (Å²) < 4.78 is 0. The summed E-state index contributed by atoms with van der Waals surface area (Å²) in [6.45, 7) is 1.11. The third kappa shape index (κ3) is 4.94. The molecular weight excluding hydrogens is 438 g/mol. The number of aromatic nitrogens is 2. The fraction of sp³-hybridized carbons (Fsp3) is 0.0714. The highest BCUT2D eigenvalue weighted by molar-refractivity contribution is 5.99. The fourth-order valence-electron chi connectivity index (χ4n) is 3.95. The number of hydrogen-bond acceptors (Lipinski definition) is 7. The number of para-hydroxylation sites is 1. The minimum Gasteiger partial charge on any atom is -0.507 e. The molecule has 35 heavy (non-hydrogen) atoms.